The highest BCUT2D eigenvalue weighted by molar-refractivity contribution is 6.35. The van der Waals surface area contributed by atoms with Crippen LogP contribution in [-0.4, -0.2) is 30.4 Å². The normalized spacial score (nSPS) is 12.0. The van der Waals surface area contributed by atoms with Crippen LogP contribution in [0.2, 0.25) is 10.0 Å². The van der Waals surface area contributed by atoms with Crippen molar-refractivity contribution in [3.8, 4) is 0 Å². The Morgan fingerprint density at radius 2 is 2.03 bits per heavy atom. The highest BCUT2D eigenvalue weighted by Crippen LogP contribution is 2.22. The summed E-state index contributed by atoms with van der Waals surface area (Å²) in [6.45, 7) is 4.06. The van der Waals surface area contributed by atoms with E-state index in [9.17, 15) is 14.9 Å². The van der Waals surface area contributed by atoms with E-state index in [4.69, 9.17) is 23.2 Å². The molecule has 1 unspecified atom stereocenters. The second kappa shape index (κ2) is 8.62. The third-order valence-corrected chi connectivity index (χ3v) is 4.88. The van der Waals surface area contributed by atoms with Crippen LogP contribution in [0.25, 0.3) is 0 Å². The summed E-state index contributed by atoms with van der Waals surface area (Å²) in [7, 11) is 0. The monoisotopic (exact) mass is 436 g/mol. The third kappa shape index (κ3) is 5.12. The Balaban J connectivity index is 1.61. The van der Waals surface area contributed by atoms with Gasteiger partial charge in [-0.05, 0) is 29.5 Å². The minimum atomic E-state index is -0.562. The fourth-order valence-electron chi connectivity index (χ4n) is 2.70. The number of aryl methyl sites for hydroxylation is 1. The van der Waals surface area contributed by atoms with Crippen LogP contribution in [0.15, 0.2) is 36.5 Å². The molecule has 0 aliphatic carbocycles. The number of halogens is 2. The number of hydrogen-bond donors (Lipinski definition) is 1. The molecule has 2 aromatic heterocycles. The molecule has 1 aromatic carbocycles. The van der Waals surface area contributed by atoms with Crippen LogP contribution < -0.4 is 5.32 Å². The maximum atomic E-state index is 12.5. The first kappa shape index (κ1) is 20.8. The SMILES string of the molecule is Cc1cc([N+](=O)[O-])nn1CC(C)C(=O)Nc1ccn(Cc2ccc(Cl)cc2Cl)n1. The van der Waals surface area contributed by atoms with Crippen molar-refractivity contribution in [2.24, 2.45) is 5.92 Å². The van der Waals surface area contributed by atoms with E-state index in [2.05, 4.69) is 15.5 Å². The van der Waals surface area contributed by atoms with Crippen molar-refractivity contribution in [1.29, 1.82) is 0 Å². The van der Waals surface area contributed by atoms with E-state index in [1.807, 2.05) is 6.07 Å². The molecule has 1 N–H and O–H groups in total. The van der Waals surface area contributed by atoms with E-state index in [0.717, 1.165) is 5.56 Å². The van der Waals surface area contributed by atoms with E-state index >= 15 is 0 Å². The van der Waals surface area contributed by atoms with Gasteiger partial charge in [0.1, 0.15) is 0 Å². The van der Waals surface area contributed by atoms with Gasteiger partial charge in [0, 0.05) is 22.3 Å². The highest BCUT2D eigenvalue weighted by atomic mass is 35.5. The molecule has 0 saturated carbocycles. The molecule has 0 bridgehead atoms. The van der Waals surface area contributed by atoms with Gasteiger partial charge < -0.3 is 15.4 Å². The summed E-state index contributed by atoms with van der Waals surface area (Å²) in [4.78, 5) is 22.7. The molecule has 0 spiro atoms. The van der Waals surface area contributed by atoms with Gasteiger partial charge in [0.2, 0.25) is 5.91 Å². The number of carbonyl (C=O) groups excluding carboxylic acids is 1. The number of aromatic nitrogens is 4. The van der Waals surface area contributed by atoms with Crippen molar-refractivity contribution in [2.45, 2.75) is 26.9 Å². The van der Waals surface area contributed by atoms with Crippen molar-refractivity contribution >= 4 is 40.7 Å². The molecule has 1 amide bonds. The lowest BCUT2D eigenvalue weighted by Gasteiger charge is -2.10. The fraction of sp³-hybridized carbons (Fsp3) is 0.278. The predicted octanol–water partition coefficient (Wildman–Crippen LogP) is 3.93. The number of carbonyl (C=O) groups is 1. The number of benzene rings is 1. The molecular weight excluding hydrogens is 419 g/mol. The van der Waals surface area contributed by atoms with E-state index in [-0.39, 0.29) is 18.3 Å². The minimum Gasteiger partial charge on any atom is -0.358 e. The van der Waals surface area contributed by atoms with Gasteiger partial charge >= 0.3 is 5.82 Å². The molecular formula is C18H18Cl2N6O3. The zero-order valence-electron chi connectivity index (χ0n) is 15.7. The number of nitrogens with one attached hydrogen (secondary N) is 1. The number of anilines is 1. The van der Waals surface area contributed by atoms with Crippen molar-refractivity contribution in [2.75, 3.05) is 5.32 Å². The Bertz CT molecular complexity index is 1060. The van der Waals surface area contributed by atoms with Crippen molar-refractivity contribution in [1.82, 2.24) is 19.6 Å². The smallest absolute Gasteiger partial charge is 0.358 e. The Hall–Kier alpha value is -2.91. The van der Waals surface area contributed by atoms with Gasteiger partial charge in [-0.25, -0.2) is 0 Å². The van der Waals surface area contributed by atoms with Crippen LogP contribution in [0.3, 0.4) is 0 Å². The Morgan fingerprint density at radius 1 is 1.28 bits per heavy atom. The second-order valence-electron chi connectivity index (χ2n) is 6.61. The lowest BCUT2D eigenvalue weighted by molar-refractivity contribution is -0.389. The fourth-order valence-corrected chi connectivity index (χ4v) is 3.17. The first-order valence-corrected chi connectivity index (χ1v) is 9.45. The maximum absolute atomic E-state index is 12.5. The van der Waals surface area contributed by atoms with Gasteiger partial charge in [-0.15, -0.1) is 0 Å². The van der Waals surface area contributed by atoms with Gasteiger partial charge in [0.25, 0.3) is 0 Å². The molecule has 0 radical (unpaired) electrons. The minimum absolute atomic E-state index is 0.215. The molecule has 29 heavy (non-hydrogen) atoms. The Labute approximate surface area is 176 Å². The average molecular weight is 437 g/mol. The summed E-state index contributed by atoms with van der Waals surface area (Å²) in [6.07, 6.45) is 1.73. The van der Waals surface area contributed by atoms with E-state index in [0.29, 0.717) is 28.1 Å². The lowest BCUT2D eigenvalue weighted by Crippen LogP contribution is -2.25. The van der Waals surface area contributed by atoms with Crippen molar-refractivity contribution < 1.29 is 9.72 Å². The Morgan fingerprint density at radius 3 is 2.69 bits per heavy atom. The first-order chi connectivity index (χ1) is 13.7. The van der Waals surface area contributed by atoms with Crippen LogP contribution in [0.1, 0.15) is 18.2 Å². The summed E-state index contributed by atoms with van der Waals surface area (Å²) < 4.78 is 3.10. The van der Waals surface area contributed by atoms with E-state index < -0.39 is 10.8 Å². The summed E-state index contributed by atoms with van der Waals surface area (Å²) in [6, 6.07) is 8.27. The molecule has 0 saturated heterocycles. The molecule has 152 valence electrons. The average Bonchev–Trinajstić information content (AvgIpc) is 3.24. The molecule has 0 fully saturated rings. The predicted molar refractivity (Wildman–Crippen MR) is 109 cm³/mol. The van der Waals surface area contributed by atoms with Gasteiger partial charge in [-0.3, -0.25) is 9.48 Å². The molecule has 3 rings (SSSR count). The number of hydrogen-bond acceptors (Lipinski definition) is 5. The van der Waals surface area contributed by atoms with Crippen LogP contribution in [0.4, 0.5) is 11.6 Å². The standard InChI is InChI=1S/C18H18Cl2N6O3/c1-11(9-25-12(2)7-17(23-25)26(28)29)18(27)21-16-5-6-24(22-16)10-13-3-4-14(19)8-15(13)20/h3-8,11H,9-10H2,1-2H3,(H,21,22,27). The third-order valence-electron chi connectivity index (χ3n) is 4.29. The number of nitro groups is 1. The number of amides is 1. The molecule has 3 aromatic rings. The second-order valence-corrected chi connectivity index (χ2v) is 7.45. The van der Waals surface area contributed by atoms with E-state index in [1.165, 1.54) is 10.7 Å². The van der Waals surface area contributed by atoms with Gasteiger partial charge in [0.05, 0.1) is 35.9 Å². The molecule has 1 atom stereocenters. The lowest BCUT2D eigenvalue weighted by atomic mass is 10.1. The summed E-state index contributed by atoms with van der Waals surface area (Å²) in [5, 5.41) is 22.9. The van der Waals surface area contributed by atoms with Crippen LogP contribution >= 0.6 is 23.2 Å². The summed E-state index contributed by atoms with van der Waals surface area (Å²) >= 11 is 12.1. The molecule has 2 heterocycles. The van der Waals surface area contributed by atoms with Crippen LogP contribution in [-0.2, 0) is 17.9 Å². The van der Waals surface area contributed by atoms with Gasteiger partial charge in [-0.2, -0.15) is 9.78 Å². The molecule has 9 nitrogen and oxygen atoms in total. The highest BCUT2D eigenvalue weighted by Gasteiger charge is 2.21. The molecule has 11 heteroatoms. The zero-order valence-corrected chi connectivity index (χ0v) is 17.2. The topological polar surface area (TPSA) is 108 Å². The first-order valence-electron chi connectivity index (χ1n) is 8.70. The summed E-state index contributed by atoms with van der Waals surface area (Å²) in [5.41, 5.74) is 1.46. The number of nitrogens with zero attached hydrogens (tertiary/aromatic N) is 5. The van der Waals surface area contributed by atoms with Crippen LogP contribution in [0.5, 0.6) is 0 Å². The van der Waals surface area contributed by atoms with Crippen LogP contribution in [0, 0.1) is 23.0 Å². The van der Waals surface area contributed by atoms with E-state index in [1.54, 1.807) is 42.9 Å². The van der Waals surface area contributed by atoms with Gasteiger partial charge in [-0.1, -0.05) is 36.2 Å². The quantitative estimate of drug-likeness (QED) is 0.445. The van der Waals surface area contributed by atoms with Crippen molar-refractivity contribution in [3.05, 3.63) is 67.9 Å². The summed E-state index contributed by atoms with van der Waals surface area (Å²) in [5.74, 6) is -0.578. The molecule has 0 aliphatic heterocycles. The Kier molecular flexibility index (Phi) is 6.19. The van der Waals surface area contributed by atoms with Crippen molar-refractivity contribution in [3.63, 3.8) is 0 Å². The number of rotatable bonds is 7. The maximum Gasteiger partial charge on any atom is 0.390 e. The van der Waals surface area contributed by atoms with Gasteiger partial charge in [0.15, 0.2) is 5.82 Å². The molecule has 0 aliphatic rings. The zero-order chi connectivity index (χ0) is 21.1. The largest absolute Gasteiger partial charge is 0.390 e.